The molecule has 0 radical (unpaired) electrons. The Bertz CT molecular complexity index is 934. The highest BCUT2D eigenvalue weighted by Crippen LogP contribution is 2.40. The molecule has 1 atom stereocenters. The Balaban J connectivity index is 2.79. The van der Waals surface area contributed by atoms with Crippen LogP contribution in [0.3, 0.4) is 0 Å². The molecule has 0 spiro atoms. The molecule has 1 aromatic heterocycles. The monoisotopic (exact) mass is 455 g/mol. The summed E-state index contributed by atoms with van der Waals surface area (Å²) in [6.45, 7) is 0. The first-order valence-electron chi connectivity index (χ1n) is 6.33. The summed E-state index contributed by atoms with van der Waals surface area (Å²) in [6.07, 6.45) is -4.84. The maximum absolute atomic E-state index is 12.8. The normalized spacial score (nSPS) is 13.6. The first-order chi connectivity index (χ1) is 12.2. The van der Waals surface area contributed by atoms with Crippen LogP contribution in [-0.2, 0) is 17.0 Å². The van der Waals surface area contributed by atoms with Gasteiger partial charge in [0.15, 0.2) is 16.5 Å². The van der Waals surface area contributed by atoms with Gasteiger partial charge in [0.25, 0.3) is 0 Å². The second-order valence-electron chi connectivity index (χ2n) is 4.78. The van der Waals surface area contributed by atoms with Crippen LogP contribution >= 0.6 is 23.2 Å². The van der Waals surface area contributed by atoms with Gasteiger partial charge < -0.3 is 10.8 Å². The average molecular weight is 456 g/mol. The number of anilines is 1. The molecule has 0 saturated carbocycles. The molecular weight excluding hydrogens is 451 g/mol. The van der Waals surface area contributed by atoms with E-state index in [1.165, 1.54) is 0 Å². The van der Waals surface area contributed by atoms with Crippen LogP contribution in [0.1, 0.15) is 16.1 Å². The molecule has 2 aromatic rings. The third kappa shape index (κ3) is 3.99. The number of aromatic nitrogens is 2. The van der Waals surface area contributed by atoms with Crippen LogP contribution in [-0.4, -0.2) is 30.6 Å². The van der Waals surface area contributed by atoms with Gasteiger partial charge in [-0.1, -0.05) is 23.2 Å². The van der Waals surface area contributed by atoms with Gasteiger partial charge in [0.05, 0.1) is 15.6 Å². The number of carboxylic acid groups (broad SMARTS) is 1. The average Bonchev–Trinajstić information content (AvgIpc) is 2.81. The number of aromatic carboxylic acids is 1. The zero-order chi connectivity index (χ0) is 20.9. The van der Waals surface area contributed by atoms with Crippen molar-refractivity contribution in [3.05, 3.63) is 33.4 Å². The summed E-state index contributed by atoms with van der Waals surface area (Å²) < 4.78 is 88.4. The third-order valence-electron chi connectivity index (χ3n) is 3.03. The smallest absolute Gasteiger partial charge is 0.476 e. The zero-order valence-electron chi connectivity index (χ0n) is 12.3. The molecular formula is C12H5Cl2F6N3O3S. The van der Waals surface area contributed by atoms with E-state index in [-0.39, 0.29) is 4.68 Å². The lowest BCUT2D eigenvalue weighted by Gasteiger charge is -2.13. The molecule has 2 rings (SSSR count). The minimum Gasteiger partial charge on any atom is -0.476 e. The lowest BCUT2D eigenvalue weighted by atomic mass is 10.2. The van der Waals surface area contributed by atoms with Crippen LogP contribution in [0.2, 0.25) is 10.0 Å². The topological polar surface area (TPSA) is 98.2 Å². The van der Waals surface area contributed by atoms with Crippen LogP contribution in [0.25, 0.3) is 5.69 Å². The summed E-state index contributed by atoms with van der Waals surface area (Å²) in [4.78, 5) is 9.77. The van der Waals surface area contributed by atoms with E-state index in [1.54, 1.807) is 0 Å². The summed E-state index contributed by atoms with van der Waals surface area (Å²) in [5.74, 6) is -3.07. The predicted octanol–water partition coefficient (Wildman–Crippen LogP) is 4.11. The molecule has 1 aromatic carbocycles. The molecule has 27 heavy (non-hydrogen) atoms. The highest BCUT2D eigenvalue weighted by molar-refractivity contribution is 7.86. The molecule has 1 unspecified atom stereocenters. The fraction of sp³-hybridized carbons (Fsp3) is 0.167. The Morgan fingerprint density at radius 1 is 1.15 bits per heavy atom. The molecule has 0 saturated heterocycles. The Labute approximate surface area is 157 Å². The van der Waals surface area contributed by atoms with Crippen LogP contribution in [0.15, 0.2) is 17.0 Å². The van der Waals surface area contributed by atoms with E-state index in [2.05, 4.69) is 5.10 Å². The Morgan fingerprint density at radius 2 is 1.63 bits per heavy atom. The predicted molar refractivity (Wildman–Crippen MR) is 82.4 cm³/mol. The number of hydrogen-bond donors (Lipinski definition) is 2. The van der Waals surface area contributed by atoms with Gasteiger partial charge in [-0.2, -0.15) is 31.4 Å². The first kappa shape index (κ1) is 21.3. The van der Waals surface area contributed by atoms with Gasteiger partial charge in [-0.3, -0.25) is 0 Å². The SMILES string of the molecule is Nc1c(S(=O)C(F)(F)F)c(C(=O)O)nn1-c1c(Cl)cc(C(F)(F)F)cc1Cl. The highest BCUT2D eigenvalue weighted by atomic mass is 35.5. The molecule has 3 N–H and O–H groups in total. The van der Waals surface area contributed by atoms with Gasteiger partial charge in [-0.15, -0.1) is 0 Å². The number of halogens is 8. The molecule has 0 fully saturated rings. The fourth-order valence-electron chi connectivity index (χ4n) is 1.96. The number of carboxylic acids is 1. The van der Waals surface area contributed by atoms with E-state index < -0.39 is 66.2 Å². The molecule has 148 valence electrons. The van der Waals surface area contributed by atoms with Gasteiger partial charge in [0.1, 0.15) is 16.4 Å². The molecule has 0 bridgehead atoms. The minimum atomic E-state index is -5.38. The number of nitrogens with two attached hydrogens (primary N) is 1. The summed E-state index contributed by atoms with van der Waals surface area (Å²) in [7, 11) is -3.88. The standard InChI is InChI=1S/C12H5Cl2F6N3O3S/c13-4-1-3(11(15,16)17)2-5(14)7(4)23-9(21)8(6(22-23)10(24)25)27(26)12(18,19)20/h1-2H,21H2,(H,24,25). The van der Waals surface area contributed by atoms with E-state index in [0.717, 1.165) is 0 Å². The summed E-state index contributed by atoms with van der Waals surface area (Å²) in [6, 6.07) is 0.787. The van der Waals surface area contributed by atoms with Crippen LogP contribution in [0.4, 0.5) is 32.2 Å². The number of nitrogen functional groups attached to an aromatic ring is 1. The largest absolute Gasteiger partial charge is 0.476 e. The molecule has 0 aliphatic rings. The molecule has 0 aliphatic carbocycles. The van der Waals surface area contributed by atoms with E-state index >= 15 is 0 Å². The van der Waals surface area contributed by atoms with E-state index in [4.69, 9.17) is 34.0 Å². The van der Waals surface area contributed by atoms with Crippen LogP contribution in [0.5, 0.6) is 0 Å². The zero-order valence-corrected chi connectivity index (χ0v) is 14.7. The lowest BCUT2D eigenvalue weighted by Crippen LogP contribution is -2.19. The van der Waals surface area contributed by atoms with Crippen LogP contribution < -0.4 is 5.73 Å². The Morgan fingerprint density at radius 3 is 2.00 bits per heavy atom. The van der Waals surface area contributed by atoms with Crippen molar-refractivity contribution in [2.45, 2.75) is 16.6 Å². The van der Waals surface area contributed by atoms with E-state index in [1.807, 2.05) is 0 Å². The van der Waals surface area contributed by atoms with E-state index in [9.17, 15) is 35.3 Å². The van der Waals surface area contributed by atoms with Gasteiger partial charge >= 0.3 is 17.7 Å². The molecule has 0 aliphatic heterocycles. The van der Waals surface area contributed by atoms with Crippen molar-refractivity contribution in [1.82, 2.24) is 9.78 Å². The number of alkyl halides is 6. The minimum absolute atomic E-state index is 0.285. The third-order valence-corrected chi connectivity index (χ3v) is 4.80. The summed E-state index contributed by atoms with van der Waals surface area (Å²) in [5.41, 5.74) is -3.15. The number of carbonyl (C=O) groups is 1. The number of nitrogens with zero attached hydrogens (tertiary/aromatic N) is 2. The molecule has 6 nitrogen and oxygen atoms in total. The van der Waals surface area contributed by atoms with Crippen molar-refractivity contribution in [2.24, 2.45) is 0 Å². The number of rotatable bonds is 3. The fourth-order valence-corrected chi connectivity index (χ4v) is 3.42. The van der Waals surface area contributed by atoms with Crippen molar-refractivity contribution in [1.29, 1.82) is 0 Å². The van der Waals surface area contributed by atoms with Gasteiger partial charge in [0, 0.05) is 0 Å². The maximum Gasteiger partial charge on any atom is 0.476 e. The lowest BCUT2D eigenvalue weighted by molar-refractivity contribution is -0.137. The molecule has 0 amide bonds. The maximum atomic E-state index is 12.8. The van der Waals surface area contributed by atoms with Crippen molar-refractivity contribution < 1.29 is 40.5 Å². The van der Waals surface area contributed by atoms with Crippen molar-refractivity contribution in [2.75, 3.05) is 5.73 Å². The number of benzene rings is 1. The van der Waals surface area contributed by atoms with Crippen molar-refractivity contribution >= 4 is 45.8 Å². The van der Waals surface area contributed by atoms with Gasteiger partial charge in [-0.05, 0) is 12.1 Å². The quantitative estimate of drug-likeness (QED) is 0.678. The second-order valence-corrected chi connectivity index (χ2v) is 7.00. The van der Waals surface area contributed by atoms with Crippen molar-refractivity contribution in [3.63, 3.8) is 0 Å². The van der Waals surface area contributed by atoms with Gasteiger partial charge in [-0.25, -0.2) is 13.7 Å². The van der Waals surface area contributed by atoms with Crippen molar-refractivity contribution in [3.8, 4) is 5.69 Å². The summed E-state index contributed by atoms with van der Waals surface area (Å²) in [5, 5.41) is 10.8. The second kappa shape index (κ2) is 6.87. The van der Waals surface area contributed by atoms with Crippen LogP contribution in [0, 0.1) is 0 Å². The summed E-state index contributed by atoms with van der Waals surface area (Å²) >= 11 is 11.4. The number of hydrogen-bond acceptors (Lipinski definition) is 4. The highest BCUT2D eigenvalue weighted by Gasteiger charge is 2.44. The molecule has 1 heterocycles. The van der Waals surface area contributed by atoms with E-state index in [0.29, 0.717) is 12.1 Å². The van der Waals surface area contributed by atoms with Gasteiger partial charge in [0.2, 0.25) is 0 Å². The first-order valence-corrected chi connectivity index (χ1v) is 8.23. The Kier molecular flexibility index (Phi) is 5.42. The Hall–Kier alpha value is -1.99. The molecule has 15 heteroatoms.